The summed E-state index contributed by atoms with van der Waals surface area (Å²) in [6.45, 7) is 1.82. The maximum absolute atomic E-state index is 12.4. The van der Waals surface area contributed by atoms with Gasteiger partial charge in [0.25, 0.3) is 5.91 Å². The van der Waals surface area contributed by atoms with Gasteiger partial charge in [0.15, 0.2) is 0 Å². The summed E-state index contributed by atoms with van der Waals surface area (Å²) in [6.07, 6.45) is 0. The molecule has 6 heteroatoms. The molecule has 0 aliphatic heterocycles. The highest BCUT2D eigenvalue weighted by Crippen LogP contribution is 2.25. The molecule has 0 saturated heterocycles. The Balaban J connectivity index is 1.75. The predicted octanol–water partition coefficient (Wildman–Crippen LogP) is 4.67. The first-order valence-electron chi connectivity index (χ1n) is 7.59. The van der Waals surface area contributed by atoms with Crippen molar-refractivity contribution in [1.82, 2.24) is 4.98 Å². The molecule has 1 amide bonds. The first-order chi connectivity index (χ1) is 12.0. The number of carbonyl (C=O) groups is 1. The molecule has 0 aliphatic carbocycles. The topological polar surface area (TPSA) is 77.2 Å². The summed E-state index contributed by atoms with van der Waals surface area (Å²) in [5.41, 5.74) is 7.49. The molecule has 5 nitrogen and oxygen atoms in total. The molecule has 0 bridgehead atoms. The summed E-state index contributed by atoms with van der Waals surface area (Å²) in [7, 11) is 0. The molecule has 0 atom stereocenters. The number of rotatable bonds is 4. The highest BCUT2D eigenvalue weighted by Gasteiger charge is 2.11. The first kappa shape index (κ1) is 16.8. The lowest BCUT2D eigenvalue weighted by Crippen LogP contribution is -2.15. The molecule has 3 rings (SSSR count). The Morgan fingerprint density at radius 2 is 1.84 bits per heavy atom. The Kier molecular flexibility index (Phi) is 4.86. The number of anilines is 2. The van der Waals surface area contributed by atoms with Crippen molar-refractivity contribution in [1.29, 1.82) is 0 Å². The fourth-order valence-corrected chi connectivity index (χ4v) is 2.37. The zero-order chi connectivity index (χ0) is 17.8. The van der Waals surface area contributed by atoms with Crippen LogP contribution in [-0.4, -0.2) is 10.9 Å². The lowest BCUT2D eigenvalue weighted by atomic mass is 10.2. The zero-order valence-electron chi connectivity index (χ0n) is 13.5. The van der Waals surface area contributed by atoms with Gasteiger partial charge in [0.05, 0.1) is 5.56 Å². The largest absolute Gasteiger partial charge is 0.457 e. The number of hydrogen-bond acceptors (Lipinski definition) is 4. The standard InChI is InChI=1S/C19H16ClN3O2/c1-12-5-10-17(18(21)22-12)19(24)23-14-3-2-4-16(11-14)25-15-8-6-13(20)7-9-15/h2-11H,1H3,(H2,21,22)(H,23,24). The fourth-order valence-electron chi connectivity index (χ4n) is 2.24. The van der Waals surface area contributed by atoms with Gasteiger partial charge in [0.2, 0.25) is 0 Å². The normalized spacial score (nSPS) is 10.3. The second kappa shape index (κ2) is 7.23. The molecule has 3 aromatic rings. The Hall–Kier alpha value is -3.05. The summed E-state index contributed by atoms with van der Waals surface area (Å²) < 4.78 is 5.75. The molecule has 0 spiro atoms. The lowest BCUT2D eigenvalue weighted by molar-refractivity contribution is 0.102. The minimum absolute atomic E-state index is 0.200. The van der Waals surface area contributed by atoms with Crippen LogP contribution < -0.4 is 15.8 Å². The van der Waals surface area contributed by atoms with Gasteiger partial charge in [0.1, 0.15) is 17.3 Å². The van der Waals surface area contributed by atoms with Crippen molar-refractivity contribution in [3.63, 3.8) is 0 Å². The number of hydrogen-bond donors (Lipinski definition) is 2. The van der Waals surface area contributed by atoms with Gasteiger partial charge in [-0.2, -0.15) is 0 Å². The van der Waals surface area contributed by atoms with Crippen LogP contribution in [0.5, 0.6) is 11.5 Å². The SMILES string of the molecule is Cc1ccc(C(=O)Nc2cccc(Oc3ccc(Cl)cc3)c2)c(N)n1. The molecule has 25 heavy (non-hydrogen) atoms. The third-order valence-corrected chi connectivity index (χ3v) is 3.70. The summed E-state index contributed by atoms with van der Waals surface area (Å²) in [6, 6.07) is 17.5. The molecular formula is C19H16ClN3O2. The number of amides is 1. The zero-order valence-corrected chi connectivity index (χ0v) is 14.2. The van der Waals surface area contributed by atoms with Crippen molar-refractivity contribution in [2.24, 2.45) is 0 Å². The van der Waals surface area contributed by atoms with E-state index >= 15 is 0 Å². The van der Waals surface area contributed by atoms with Crippen LogP contribution >= 0.6 is 11.6 Å². The van der Waals surface area contributed by atoms with Crippen LogP contribution in [0.15, 0.2) is 60.7 Å². The number of nitrogens with one attached hydrogen (secondary N) is 1. The molecule has 1 aromatic heterocycles. The predicted molar refractivity (Wildman–Crippen MR) is 99.3 cm³/mol. The average Bonchev–Trinajstić information content (AvgIpc) is 2.57. The highest BCUT2D eigenvalue weighted by molar-refractivity contribution is 6.30. The van der Waals surface area contributed by atoms with Crippen molar-refractivity contribution in [2.75, 3.05) is 11.1 Å². The maximum atomic E-state index is 12.4. The van der Waals surface area contributed by atoms with Crippen LogP contribution in [0.2, 0.25) is 5.02 Å². The summed E-state index contributed by atoms with van der Waals surface area (Å²) >= 11 is 5.86. The van der Waals surface area contributed by atoms with E-state index < -0.39 is 0 Å². The maximum Gasteiger partial charge on any atom is 0.259 e. The molecular weight excluding hydrogens is 338 g/mol. The summed E-state index contributed by atoms with van der Waals surface area (Å²) in [5.74, 6) is 1.12. The monoisotopic (exact) mass is 353 g/mol. The number of pyridine rings is 1. The number of ether oxygens (including phenoxy) is 1. The van der Waals surface area contributed by atoms with Crippen molar-refractivity contribution in [2.45, 2.75) is 6.92 Å². The lowest BCUT2D eigenvalue weighted by Gasteiger charge is -2.10. The van der Waals surface area contributed by atoms with E-state index in [0.29, 0.717) is 27.8 Å². The van der Waals surface area contributed by atoms with Crippen molar-refractivity contribution in [3.8, 4) is 11.5 Å². The van der Waals surface area contributed by atoms with Crippen molar-refractivity contribution in [3.05, 3.63) is 76.9 Å². The second-order valence-electron chi connectivity index (χ2n) is 5.42. The molecule has 0 aliphatic rings. The molecule has 1 heterocycles. The van der Waals surface area contributed by atoms with Crippen molar-refractivity contribution >= 4 is 29.0 Å². The number of nitrogens with two attached hydrogens (primary N) is 1. The minimum atomic E-state index is -0.325. The Morgan fingerprint density at radius 1 is 1.08 bits per heavy atom. The number of nitrogens with zero attached hydrogens (tertiary/aromatic N) is 1. The molecule has 2 aromatic carbocycles. The van der Waals surface area contributed by atoms with Crippen molar-refractivity contribution < 1.29 is 9.53 Å². The Bertz CT molecular complexity index is 911. The molecule has 3 N–H and O–H groups in total. The van der Waals surface area contributed by atoms with E-state index in [1.807, 2.05) is 6.92 Å². The van der Waals surface area contributed by atoms with E-state index in [1.165, 1.54) is 0 Å². The third kappa shape index (κ3) is 4.28. The quantitative estimate of drug-likeness (QED) is 0.714. The van der Waals surface area contributed by atoms with Gasteiger partial charge in [-0.3, -0.25) is 4.79 Å². The first-order valence-corrected chi connectivity index (χ1v) is 7.97. The van der Waals surface area contributed by atoms with E-state index in [9.17, 15) is 4.79 Å². The third-order valence-electron chi connectivity index (χ3n) is 3.45. The number of carbonyl (C=O) groups excluding carboxylic acids is 1. The Morgan fingerprint density at radius 3 is 2.56 bits per heavy atom. The van der Waals surface area contributed by atoms with Gasteiger partial charge in [-0.15, -0.1) is 0 Å². The number of aryl methyl sites for hydroxylation is 1. The molecule has 0 fully saturated rings. The van der Waals surface area contributed by atoms with E-state index in [1.54, 1.807) is 60.7 Å². The van der Waals surface area contributed by atoms with Crippen LogP contribution in [0.1, 0.15) is 16.1 Å². The minimum Gasteiger partial charge on any atom is -0.457 e. The van der Waals surface area contributed by atoms with E-state index in [2.05, 4.69) is 10.3 Å². The highest BCUT2D eigenvalue weighted by atomic mass is 35.5. The van der Waals surface area contributed by atoms with Gasteiger partial charge in [-0.1, -0.05) is 17.7 Å². The summed E-state index contributed by atoms with van der Waals surface area (Å²) in [5, 5.41) is 3.43. The molecule has 0 saturated carbocycles. The van der Waals surface area contributed by atoms with Crippen LogP contribution in [-0.2, 0) is 0 Å². The molecule has 0 radical (unpaired) electrons. The number of halogens is 1. The molecule has 126 valence electrons. The van der Waals surface area contributed by atoms with E-state index in [4.69, 9.17) is 22.1 Å². The van der Waals surface area contributed by atoms with Crippen LogP contribution in [0, 0.1) is 6.92 Å². The second-order valence-corrected chi connectivity index (χ2v) is 5.86. The molecule has 0 unspecified atom stereocenters. The van der Waals surface area contributed by atoms with Gasteiger partial charge in [-0.25, -0.2) is 4.98 Å². The van der Waals surface area contributed by atoms with Crippen LogP contribution in [0.3, 0.4) is 0 Å². The van der Waals surface area contributed by atoms with Gasteiger partial charge in [-0.05, 0) is 55.5 Å². The van der Waals surface area contributed by atoms with Crippen LogP contribution in [0.25, 0.3) is 0 Å². The fraction of sp³-hybridized carbons (Fsp3) is 0.0526. The Labute approximate surface area is 150 Å². The number of nitrogen functional groups attached to an aromatic ring is 1. The van der Waals surface area contributed by atoms with Gasteiger partial charge < -0.3 is 15.8 Å². The number of aromatic nitrogens is 1. The van der Waals surface area contributed by atoms with E-state index in [0.717, 1.165) is 5.69 Å². The van der Waals surface area contributed by atoms with Crippen LogP contribution in [0.4, 0.5) is 11.5 Å². The summed E-state index contributed by atoms with van der Waals surface area (Å²) in [4.78, 5) is 16.5. The van der Waals surface area contributed by atoms with E-state index in [-0.39, 0.29) is 11.7 Å². The van der Waals surface area contributed by atoms with Gasteiger partial charge >= 0.3 is 0 Å². The smallest absolute Gasteiger partial charge is 0.259 e. The number of benzene rings is 2. The van der Waals surface area contributed by atoms with Gasteiger partial charge in [0, 0.05) is 22.5 Å². The average molecular weight is 354 g/mol.